The van der Waals surface area contributed by atoms with E-state index in [-0.39, 0.29) is 36.7 Å². The maximum absolute atomic E-state index is 12.5. The average molecular weight is 576 g/mol. The van der Waals surface area contributed by atoms with Gasteiger partial charge in [0.15, 0.2) is 0 Å². The molecule has 42 heavy (non-hydrogen) atoms. The lowest BCUT2D eigenvalue weighted by Crippen LogP contribution is -2.53. The molecule has 4 rings (SSSR count). The van der Waals surface area contributed by atoms with E-state index in [0.29, 0.717) is 18.0 Å². The summed E-state index contributed by atoms with van der Waals surface area (Å²) in [6.07, 6.45) is 11.1. The highest BCUT2D eigenvalue weighted by Gasteiger charge is 2.30. The van der Waals surface area contributed by atoms with Crippen LogP contribution in [-0.2, 0) is 19.1 Å². The number of nitrogens with zero attached hydrogens (tertiary/aromatic N) is 3. The summed E-state index contributed by atoms with van der Waals surface area (Å²) in [5.41, 5.74) is 10.2. The summed E-state index contributed by atoms with van der Waals surface area (Å²) in [6, 6.07) is 5.34. The molecule has 1 aliphatic heterocycles. The number of aryl methyl sites for hydroxylation is 1. The molecule has 1 saturated heterocycles. The predicted octanol–water partition coefficient (Wildman–Crippen LogP) is 2.34. The maximum atomic E-state index is 12.5. The smallest absolute Gasteiger partial charge is 0.249 e. The number of amides is 3. The molecule has 224 valence electrons. The van der Waals surface area contributed by atoms with Gasteiger partial charge < -0.3 is 21.1 Å². The van der Waals surface area contributed by atoms with Crippen molar-refractivity contribution in [1.82, 2.24) is 25.9 Å². The number of nitrogens with one attached hydrogen (secondary N) is 3. The molecule has 11 heteroatoms. The Morgan fingerprint density at radius 2 is 2.12 bits per heavy atom. The van der Waals surface area contributed by atoms with Crippen LogP contribution in [0.4, 0.5) is 0 Å². The second-order valence-corrected chi connectivity index (χ2v) is 11.0. The van der Waals surface area contributed by atoms with Gasteiger partial charge in [-0.3, -0.25) is 29.7 Å². The highest BCUT2D eigenvalue weighted by molar-refractivity contribution is 6.09. The van der Waals surface area contributed by atoms with Crippen molar-refractivity contribution in [2.75, 3.05) is 13.7 Å². The van der Waals surface area contributed by atoms with Gasteiger partial charge in [0, 0.05) is 31.5 Å². The summed E-state index contributed by atoms with van der Waals surface area (Å²) >= 11 is 0. The van der Waals surface area contributed by atoms with E-state index in [1.165, 1.54) is 6.20 Å². The molecule has 1 saturated carbocycles. The molecule has 3 amide bonds. The number of imide groups is 1. The Hall–Kier alpha value is -3.96. The van der Waals surface area contributed by atoms with Crippen molar-refractivity contribution in [1.29, 1.82) is 0 Å². The van der Waals surface area contributed by atoms with E-state index in [1.807, 2.05) is 31.3 Å². The minimum atomic E-state index is -0.701. The van der Waals surface area contributed by atoms with Crippen LogP contribution in [0, 0.1) is 12.8 Å². The van der Waals surface area contributed by atoms with Crippen LogP contribution < -0.4 is 21.7 Å². The molecule has 1 aliphatic carbocycles. The lowest BCUT2D eigenvalue weighted by atomic mass is 9.78. The first-order valence-corrected chi connectivity index (χ1v) is 14.5. The first-order chi connectivity index (χ1) is 20.3. The number of benzene rings is 1. The number of hydrogen-bond acceptors (Lipinski definition) is 9. The molecule has 2 heterocycles. The number of methoxy groups -OCH3 is 1. The highest BCUT2D eigenvalue weighted by atomic mass is 16.5. The van der Waals surface area contributed by atoms with Gasteiger partial charge in [0.2, 0.25) is 17.7 Å². The van der Waals surface area contributed by atoms with Gasteiger partial charge in [0.05, 0.1) is 47.5 Å². The fourth-order valence-corrected chi connectivity index (χ4v) is 5.35. The van der Waals surface area contributed by atoms with E-state index in [1.54, 1.807) is 19.4 Å². The number of rotatable bonds is 14. The van der Waals surface area contributed by atoms with Crippen molar-refractivity contribution >= 4 is 40.5 Å². The Morgan fingerprint density at radius 3 is 2.83 bits per heavy atom. The molecule has 1 aromatic heterocycles. The minimum absolute atomic E-state index is 0.0733. The molecular formula is C31H41N7O4. The zero-order valence-corrected chi connectivity index (χ0v) is 24.3. The van der Waals surface area contributed by atoms with Crippen molar-refractivity contribution in [3.8, 4) is 0 Å². The van der Waals surface area contributed by atoms with Crippen molar-refractivity contribution < 1.29 is 19.1 Å². The lowest BCUT2D eigenvalue weighted by Gasteiger charge is -2.33. The number of nitrogens with two attached hydrogens (primary N) is 1. The van der Waals surface area contributed by atoms with Crippen LogP contribution in [0.25, 0.3) is 16.6 Å². The van der Waals surface area contributed by atoms with Gasteiger partial charge in [-0.2, -0.15) is 0 Å². The monoisotopic (exact) mass is 575 g/mol. The molecule has 2 fully saturated rings. The Labute approximate surface area is 246 Å². The van der Waals surface area contributed by atoms with Gasteiger partial charge >= 0.3 is 0 Å². The summed E-state index contributed by atoms with van der Waals surface area (Å²) in [7, 11) is 1.55. The summed E-state index contributed by atoms with van der Waals surface area (Å²) < 4.78 is 5.56. The number of ether oxygens (including phenoxy) is 1. The summed E-state index contributed by atoms with van der Waals surface area (Å²) in [5.74, 6) is -0.480. The molecular weight excluding hydrogens is 534 g/mol. The van der Waals surface area contributed by atoms with Crippen LogP contribution in [0.5, 0.6) is 0 Å². The Balaban J connectivity index is 1.16. The Kier molecular flexibility index (Phi) is 10.9. The number of aromatic nitrogens is 2. The van der Waals surface area contributed by atoms with Crippen LogP contribution in [-0.4, -0.2) is 71.8 Å². The lowest BCUT2D eigenvalue weighted by molar-refractivity contribution is -0.137. The molecule has 5 N–H and O–H groups in total. The summed E-state index contributed by atoms with van der Waals surface area (Å²) in [4.78, 5) is 49.7. The number of carbonyl (C=O) groups excluding carboxylic acids is 3. The molecule has 0 spiro atoms. The molecule has 11 nitrogen and oxygen atoms in total. The quantitative estimate of drug-likeness (QED) is 0.116. The van der Waals surface area contributed by atoms with Crippen LogP contribution in [0.15, 0.2) is 48.2 Å². The fraction of sp³-hybridized carbons (Fsp3) is 0.484. The Morgan fingerprint density at radius 1 is 1.31 bits per heavy atom. The average Bonchev–Trinajstić information content (AvgIpc) is 2.95. The zero-order chi connectivity index (χ0) is 30.1. The third kappa shape index (κ3) is 8.29. The maximum Gasteiger partial charge on any atom is 0.249 e. The standard InChI is InChI=1S/C31H41N7O4/c1-4-23(28(42-3)15-30(40)37-25-9-10-29(39)38-31(25)41)33-11-5-6-20-13-22(14-20)34-17-21(16-32)27-18-35-24-8-7-19(2)12-26(24)36-27/h4,7-8,12,16-18,20,22-23,25,28,33H,1,5-6,9-11,13-15,32H2,2-3H3,(H,37,40)(H,38,39,41)/t20?,22?,23?,25?,28-/m1/s1. The van der Waals surface area contributed by atoms with Crippen molar-refractivity contribution in [2.24, 2.45) is 16.6 Å². The first-order valence-electron chi connectivity index (χ1n) is 14.5. The van der Waals surface area contributed by atoms with Gasteiger partial charge in [-0.25, -0.2) is 4.98 Å². The fourth-order valence-electron chi connectivity index (χ4n) is 5.35. The predicted molar refractivity (Wildman–Crippen MR) is 162 cm³/mol. The second-order valence-electron chi connectivity index (χ2n) is 11.0. The summed E-state index contributed by atoms with van der Waals surface area (Å²) in [5, 5.41) is 8.38. The van der Waals surface area contributed by atoms with Gasteiger partial charge in [-0.15, -0.1) is 6.58 Å². The number of fused-ring (bicyclic) bond motifs is 1. The third-order valence-electron chi connectivity index (χ3n) is 7.90. The van der Waals surface area contributed by atoms with Crippen molar-refractivity contribution in [2.45, 2.75) is 76.1 Å². The van der Waals surface area contributed by atoms with Gasteiger partial charge in [-0.1, -0.05) is 12.1 Å². The molecule has 3 atom stereocenters. The number of carbonyl (C=O) groups is 3. The van der Waals surface area contributed by atoms with Gasteiger partial charge in [0.1, 0.15) is 6.04 Å². The molecule has 2 unspecified atom stereocenters. The van der Waals surface area contributed by atoms with E-state index in [2.05, 4.69) is 27.5 Å². The zero-order valence-electron chi connectivity index (χ0n) is 24.3. The second kappa shape index (κ2) is 14.8. The number of aliphatic imine (C=N–C) groups is 1. The van der Waals surface area contributed by atoms with Gasteiger partial charge in [-0.05, 0) is 69.2 Å². The van der Waals surface area contributed by atoms with Crippen LogP contribution in [0.2, 0.25) is 0 Å². The number of allylic oxidation sites excluding steroid dienone is 1. The van der Waals surface area contributed by atoms with E-state index in [4.69, 9.17) is 20.4 Å². The van der Waals surface area contributed by atoms with Gasteiger partial charge in [0.25, 0.3) is 0 Å². The third-order valence-corrected chi connectivity index (χ3v) is 7.90. The summed E-state index contributed by atoms with van der Waals surface area (Å²) in [6.45, 7) is 6.68. The molecule has 2 aliphatic rings. The van der Waals surface area contributed by atoms with E-state index >= 15 is 0 Å². The first kappa shape index (κ1) is 31.0. The van der Waals surface area contributed by atoms with Crippen molar-refractivity contribution in [3.05, 3.63) is 54.5 Å². The molecule has 0 radical (unpaired) electrons. The van der Waals surface area contributed by atoms with Crippen LogP contribution in [0.3, 0.4) is 0 Å². The number of hydrogen-bond donors (Lipinski definition) is 4. The van der Waals surface area contributed by atoms with Crippen LogP contribution in [0.1, 0.15) is 56.2 Å². The van der Waals surface area contributed by atoms with E-state index in [9.17, 15) is 14.4 Å². The topological polar surface area (TPSA) is 161 Å². The van der Waals surface area contributed by atoms with E-state index in [0.717, 1.165) is 54.4 Å². The normalized spacial score (nSPS) is 22.4. The minimum Gasteiger partial charge on any atom is -0.404 e. The largest absolute Gasteiger partial charge is 0.404 e. The van der Waals surface area contributed by atoms with Crippen molar-refractivity contribution in [3.63, 3.8) is 0 Å². The SMILES string of the molecule is C=CC(NCCCC1CC(N=CC(=CN)c2cnc3ccc(C)cc3n2)C1)[C@@H](CC(=O)NC1CCC(=O)NC1=O)OC. The van der Waals surface area contributed by atoms with Crippen LogP contribution >= 0.6 is 0 Å². The highest BCUT2D eigenvalue weighted by Crippen LogP contribution is 2.33. The molecule has 2 aromatic rings. The number of piperidine rings is 1. The van der Waals surface area contributed by atoms with E-state index < -0.39 is 18.1 Å². The molecule has 0 bridgehead atoms. The molecule has 1 aromatic carbocycles. The Bertz CT molecular complexity index is 1350.